The third-order valence-electron chi connectivity index (χ3n) is 19.7. The molecule has 2 aromatic heterocycles. The van der Waals surface area contributed by atoms with Crippen LogP contribution in [0.3, 0.4) is 0 Å². The number of carbonyl (C=O) groups is 1. The lowest BCUT2D eigenvalue weighted by Gasteiger charge is -2.45. The Hall–Kier alpha value is -5.59. The molecule has 8 atom stereocenters. The summed E-state index contributed by atoms with van der Waals surface area (Å²) in [7, 11) is 0. The van der Waals surface area contributed by atoms with Gasteiger partial charge in [-0.25, -0.2) is 13.6 Å². The number of ether oxygens (including phenoxy) is 8. The minimum absolute atomic E-state index is 0.0347. The van der Waals surface area contributed by atoms with Crippen molar-refractivity contribution >= 4 is 29.1 Å². The van der Waals surface area contributed by atoms with Crippen LogP contribution in [-0.2, 0) is 65.7 Å². The molecule has 3 N–H and O–H groups in total. The van der Waals surface area contributed by atoms with E-state index in [1.807, 2.05) is 64.1 Å². The number of amides is 1. The molecule has 0 saturated carbocycles. The predicted octanol–water partition coefficient (Wildman–Crippen LogP) is 8.30. The normalized spacial score (nSPS) is 31.0. The van der Waals surface area contributed by atoms with Gasteiger partial charge in [0.2, 0.25) is 0 Å². The highest BCUT2D eigenvalue weighted by Gasteiger charge is 2.52. The summed E-state index contributed by atoms with van der Waals surface area (Å²) in [5.41, 5.74) is 12.4. The molecule has 22 heteroatoms. The monoisotopic (exact) mass is 1180 g/mol. The molecule has 2 spiro atoms. The standard InChI is InChI=1S/C34H46FN5O6.C29H38FN5O4/c1-22-25-8-7-24(40(31(41)42)32(2,3)4)15-27(25)34(21-44-22)17-28-26(19-46-34)29(38-10-6-13-43-14-12-38)37-30(36-28)45-20-33-9-5-11-39(33)18-23(35)16-33;1-19-22-5-4-21(31)12-24(22)29(18-37-19)14-25-23(16-39-29)26(34-7-3-10-36-11-9-34)33-27(32-25)38-17-28-6-2-8-35(28)15-20(30)13-28/h7-8,15,22-23H,5-6,9-14,16-21H2,1-4H3,(H,41,42);4-5,12,19-20H,2-3,6-11,13-18,31H2,1H3/t22-,23+,33-,34-;19-,20+,28-,29-/m00/s1. The first-order chi connectivity index (χ1) is 40.9. The Morgan fingerprint density at radius 1 is 0.682 bits per heavy atom. The fourth-order valence-electron chi connectivity index (χ4n) is 15.4. The molecular weight excluding hydrogens is 1090 g/mol. The lowest BCUT2D eigenvalue weighted by Crippen LogP contribution is -2.47. The highest BCUT2D eigenvalue weighted by atomic mass is 19.1. The van der Waals surface area contributed by atoms with E-state index in [1.54, 1.807) is 0 Å². The van der Waals surface area contributed by atoms with Gasteiger partial charge in [0.05, 0.1) is 74.3 Å². The van der Waals surface area contributed by atoms with E-state index >= 15 is 0 Å². The maximum absolute atomic E-state index is 14.5. The molecule has 0 unspecified atom stereocenters. The first-order valence-corrected chi connectivity index (χ1v) is 31.0. The molecule has 10 aliphatic heterocycles. The molecule has 1 amide bonds. The van der Waals surface area contributed by atoms with E-state index in [0.29, 0.717) is 122 Å². The molecule has 6 fully saturated rings. The number of hydrogen-bond acceptors (Lipinski definition) is 18. The Bertz CT molecular complexity index is 3130. The van der Waals surface area contributed by atoms with Gasteiger partial charge in [-0.05, 0) is 133 Å². The highest BCUT2D eigenvalue weighted by Crippen LogP contribution is 2.50. The number of nitrogen functional groups attached to an aromatic ring is 1. The number of fused-ring (bicyclic) bond motifs is 8. The maximum atomic E-state index is 14.5. The van der Waals surface area contributed by atoms with Crippen LogP contribution in [0, 0.1) is 0 Å². The first-order valence-electron chi connectivity index (χ1n) is 31.0. The largest absolute Gasteiger partial charge is 0.465 e. The average Bonchev–Trinajstić information content (AvgIpc) is 1.85. The first kappa shape index (κ1) is 58.4. The van der Waals surface area contributed by atoms with Gasteiger partial charge in [-0.2, -0.15) is 19.9 Å². The van der Waals surface area contributed by atoms with Crippen molar-refractivity contribution in [2.45, 2.75) is 164 Å². The van der Waals surface area contributed by atoms with E-state index < -0.39 is 35.2 Å². The maximum Gasteiger partial charge on any atom is 0.412 e. The molecule has 6 saturated heterocycles. The van der Waals surface area contributed by atoms with Crippen molar-refractivity contribution in [2.24, 2.45) is 0 Å². The lowest BCUT2D eigenvalue weighted by atomic mass is 9.80. The van der Waals surface area contributed by atoms with Crippen LogP contribution in [0.25, 0.3) is 0 Å². The van der Waals surface area contributed by atoms with Crippen LogP contribution in [0.5, 0.6) is 12.0 Å². The smallest absolute Gasteiger partial charge is 0.412 e. The van der Waals surface area contributed by atoms with Crippen LogP contribution in [0.4, 0.5) is 36.6 Å². The lowest BCUT2D eigenvalue weighted by molar-refractivity contribution is -0.148. The Kier molecular flexibility index (Phi) is 15.9. The molecule has 0 bridgehead atoms. The zero-order chi connectivity index (χ0) is 58.9. The van der Waals surface area contributed by atoms with Crippen molar-refractivity contribution in [1.82, 2.24) is 29.7 Å². The summed E-state index contributed by atoms with van der Waals surface area (Å²) in [6.45, 7) is 20.4. The predicted molar refractivity (Wildman–Crippen MR) is 313 cm³/mol. The third kappa shape index (κ3) is 11.2. The highest BCUT2D eigenvalue weighted by molar-refractivity contribution is 5.88. The molecule has 85 heavy (non-hydrogen) atoms. The van der Waals surface area contributed by atoms with Crippen LogP contribution in [-0.4, -0.2) is 175 Å². The molecule has 10 aliphatic rings. The van der Waals surface area contributed by atoms with Gasteiger partial charge in [0.15, 0.2) is 0 Å². The minimum atomic E-state index is -1.02. The van der Waals surface area contributed by atoms with Crippen LogP contribution in [0.15, 0.2) is 36.4 Å². The van der Waals surface area contributed by atoms with E-state index in [0.717, 1.165) is 134 Å². The minimum Gasteiger partial charge on any atom is -0.465 e. The second-order valence-electron chi connectivity index (χ2n) is 26.4. The van der Waals surface area contributed by atoms with Crippen LogP contribution in [0.2, 0.25) is 0 Å². The molecular formula is C63H84F2N10O10. The molecule has 2 aromatic carbocycles. The summed E-state index contributed by atoms with van der Waals surface area (Å²) in [6, 6.07) is 12.4. The van der Waals surface area contributed by atoms with Crippen molar-refractivity contribution in [1.29, 1.82) is 0 Å². The van der Waals surface area contributed by atoms with Gasteiger partial charge in [0.25, 0.3) is 0 Å². The summed E-state index contributed by atoms with van der Waals surface area (Å²) in [6.07, 6.45) is 4.82. The van der Waals surface area contributed by atoms with E-state index in [-0.39, 0.29) is 29.9 Å². The molecule has 0 radical (unpaired) electrons. The van der Waals surface area contributed by atoms with Gasteiger partial charge in [-0.3, -0.25) is 14.7 Å². The molecule has 12 heterocycles. The Labute approximate surface area is 496 Å². The summed E-state index contributed by atoms with van der Waals surface area (Å²) >= 11 is 0. The number of rotatable bonds is 9. The summed E-state index contributed by atoms with van der Waals surface area (Å²) in [4.78, 5) is 42.7. The van der Waals surface area contributed by atoms with Crippen LogP contribution in [0.1, 0.15) is 143 Å². The Balaban J connectivity index is 0.000000160. The Morgan fingerprint density at radius 2 is 1.18 bits per heavy atom. The number of alkyl halides is 2. The average molecular weight is 1180 g/mol. The van der Waals surface area contributed by atoms with Gasteiger partial charge in [0.1, 0.15) is 48.4 Å². The topological polar surface area (TPSA) is 205 Å². The van der Waals surface area contributed by atoms with E-state index in [1.165, 1.54) is 4.90 Å². The molecule has 20 nitrogen and oxygen atoms in total. The molecule has 4 aromatic rings. The van der Waals surface area contributed by atoms with Crippen molar-refractivity contribution in [3.05, 3.63) is 81.2 Å². The fourth-order valence-corrected chi connectivity index (χ4v) is 15.4. The van der Waals surface area contributed by atoms with Crippen molar-refractivity contribution in [2.75, 3.05) is 126 Å². The Morgan fingerprint density at radius 3 is 1.67 bits per heavy atom. The third-order valence-corrected chi connectivity index (χ3v) is 19.7. The van der Waals surface area contributed by atoms with E-state index in [2.05, 4.69) is 26.5 Å². The SMILES string of the molecule is C[C@@H]1OC[C@@]2(Cc3nc(OC[C@@]45CCCN4C[C@H](F)C5)nc(N4CCCOCC4)c3CO2)c2cc(N(C(=O)O)C(C)(C)C)ccc21.C[C@@H]1OC[C@@]2(Cc3nc(OC[C@@]45CCCN4C[C@H](F)C5)nc(N4CCCOCC4)c3CO2)c2cc(N)ccc21. The number of nitrogens with two attached hydrogens (primary N) is 1. The van der Waals surface area contributed by atoms with Crippen LogP contribution >= 0.6 is 0 Å². The zero-order valence-electron chi connectivity index (χ0n) is 50.1. The number of benzene rings is 2. The molecule has 0 aliphatic carbocycles. The summed E-state index contributed by atoms with van der Waals surface area (Å²) in [5.74, 6) is 1.64. The summed E-state index contributed by atoms with van der Waals surface area (Å²) < 4.78 is 79.1. The van der Waals surface area contributed by atoms with Gasteiger partial charge in [0, 0.05) is 106 Å². The van der Waals surface area contributed by atoms with Gasteiger partial charge < -0.3 is 58.5 Å². The molecule has 14 rings (SSSR count). The second-order valence-corrected chi connectivity index (χ2v) is 26.4. The number of hydrogen-bond donors (Lipinski definition) is 2. The number of anilines is 4. The fraction of sp³-hybridized carbons (Fsp3) is 0.667. The summed E-state index contributed by atoms with van der Waals surface area (Å²) in [5, 5.41) is 10.2. The van der Waals surface area contributed by atoms with Gasteiger partial charge >= 0.3 is 18.1 Å². The van der Waals surface area contributed by atoms with Crippen LogP contribution < -0.4 is 29.9 Å². The van der Waals surface area contributed by atoms with Gasteiger partial charge in [-0.1, -0.05) is 12.1 Å². The van der Waals surface area contributed by atoms with Crippen molar-refractivity contribution in [3.63, 3.8) is 0 Å². The van der Waals surface area contributed by atoms with E-state index in [9.17, 15) is 18.7 Å². The quantitative estimate of drug-likeness (QED) is 0.151. The number of aromatic nitrogens is 4. The number of carboxylic acid groups (broad SMARTS) is 1. The van der Waals surface area contributed by atoms with Crippen molar-refractivity contribution in [3.8, 4) is 12.0 Å². The van der Waals surface area contributed by atoms with Gasteiger partial charge in [-0.15, -0.1) is 0 Å². The van der Waals surface area contributed by atoms with E-state index in [4.69, 9.17) is 63.6 Å². The number of nitrogens with zero attached hydrogens (tertiary/aromatic N) is 9. The number of halogens is 2. The van der Waals surface area contributed by atoms with Crippen molar-refractivity contribution < 1.29 is 56.6 Å². The zero-order valence-corrected chi connectivity index (χ0v) is 50.1. The second kappa shape index (κ2) is 23.2. The molecule has 460 valence electrons.